The Morgan fingerprint density at radius 2 is 2.14 bits per heavy atom. The average Bonchev–Trinajstić information content (AvgIpc) is 2.46. The first kappa shape index (κ1) is 16.0. The Hall–Kier alpha value is -1.36. The van der Waals surface area contributed by atoms with Gasteiger partial charge in [-0.25, -0.2) is 4.98 Å². The number of nitrogens with two attached hydrogens (primary N) is 1. The smallest absolute Gasteiger partial charge is 0.126 e. The van der Waals surface area contributed by atoms with Crippen molar-refractivity contribution in [2.45, 2.75) is 25.8 Å². The summed E-state index contributed by atoms with van der Waals surface area (Å²) >= 11 is 12.2. The second-order valence-electron chi connectivity index (χ2n) is 4.78. The van der Waals surface area contributed by atoms with E-state index in [2.05, 4.69) is 22.2 Å². The van der Waals surface area contributed by atoms with Gasteiger partial charge in [-0.3, -0.25) is 4.98 Å². The molecule has 21 heavy (non-hydrogen) atoms. The van der Waals surface area contributed by atoms with E-state index in [4.69, 9.17) is 28.9 Å². The fraction of sp³-hybridized carbons (Fsp3) is 0.333. The minimum absolute atomic E-state index is 0.0267. The van der Waals surface area contributed by atoms with Crippen LogP contribution in [0.2, 0.25) is 10.0 Å². The molecule has 2 heterocycles. The van der Waals surface area contributed by atoms with Crippen molar-refractivity contribution in [1.29, 1.82) is 0 Å². The molecule has 1 atom stereocenters. The fourth-order valence-electron chi connectivity index (χ4n) is 2.11. The summed E-state index contributed by atoms with van der Waals surface area (Å²) in [6, 6.07) is 5.52. The van der Waals surface area contributed by atoms with Gasteiger partial charge in [0.1, 0.15) is 5.82 Å². The van der Waals surface area contributed by atoms with Crippen LogP contribution in [0.4, 0.5) is 5.82 Å². The van der Waals surface area contributed by atoms with Crippen LogP contribution < -0.4 is 11.1 Å². The van der Waals surface area contributed by atoms with Crippen LogP contribution in [0.3, 0.4) is 0 Å². The molecule has 0 bridgehead atoms. The molecule has 6 heteroatoms. The van der Waals surface area contributed by atoms with E-state index in [-0.39, 0.29) is 6.04 Å². The molecule has 0 aromatic carbocycles. The van der Waals surface area contributed by atoms with Gasteiger partial charge in [-0.1, -0.05) is 36.2 Å². The number of rotatable bonds is 6. The number of pyridine rings is 2. The number of nitrogens with zero attached hydrogens (tertiary/aromatic N) is 2. The second kappa shape index (κ2) is 7.59. The van der Waals surface area contributed by atoms with E-state index >= 15 is 0 Å². The van der Waals surface area contributed by atoms with E-state index in [0.717, 1.165) is 24.2 Å². The van der Waals surface area contributed by atoms with E-state index in [9.17, 15) is 0 Å². The normalized spacial score (nSPS) is 12.3. The Labute approximate surface area is 134 Å². The Bertz CT molecular complexity index is 604. The summed E-state index contributed by atoms with van der Waals surface area (Å²) in [6.07, 6.45) is 4.98. The second-order valence-corrected chi connectivity index (χ2v) is 5.62. The molecule has 2 aromatic rings. The van der Waals surface area contributed by atoms with Crippen LogP contribution in [-0.2, 0) is 6.42 Å². The highest BCUT2D eigenvalue weighted by atomic mass is 35.5. The Kier molecular flexibility index (Phi) is 5.79. The summed E-state index contributed by atoms with van der Waals surface area (Å²) in [5.41, 5.74) is 7.67. The third kappa shape index (κ3) is 4.30. The molecule has 0 saturated carbocycles. The van der Waals surface area contributed by atoms with E-state index < -0.39 is 0 Å². The number of hydrogen-bond acceptors (Lipinski definition) is 4. The first-order valence-electron chi connectivity index (χ1n) is 6.85. The summed E-state index contributed by atoms with van der Waals surface area (Å²) in [7, 11) is 0. The van der Waals surface area contributed by atoms with Crippen LogP contribution in [-0.4, -0.2) is 16.5 Å². The van der Waals surface area contributed by atoms with Crippen LogP contribution >= 0.6 is 23.2 Å². The zero-order chi connectivity index (χ0) is 15.2. The van der Waals surface area contributed by atoms with Crippen molar-refractivity contribution >= 4 is 29.0 Å². The molecule has 0 spiro atoms. The SMILES string of the molecule is CCCNC(Cc1cccnc1N)c1ncc(Cl)cc1Cl. The van der Waals surface area contributed by atoms with Gasteiger partial charge < -0.3 is 11.1 Å². The molecule has 4 nitrogen and oxygen atoms in total. The van der Waals surface area contributed by atoms with Crippen molar-refractivity contribution in [3.63, 3.8) is 0 Å². The van der Waals surface area contributed by atoms with Crippen molar-refractivity contribution in [1.82, 2.24) is 15.3 Å². The van der Waals surface area contributed by atoms with Gasteiger partial charge in [0.15, 0.2) is 0 Å². The lowest BCUT2D eigenvalue weighted by atomic mass is 10.0. The molecular weight excluding hydrogens is 307 g/mol. The predicted octanol–water partition coefficient (Wildman–Crippen LogP) is 3.65. The van der Waals surface area contributed by atoms with Crippen LogP contribution in [0.5, 0.6) is 0 Å². The molecular formula is C15H18Cl2N4. The summed E-state index contributed by atoms with van der Waals surface area (Å²) < 4.78 is 0. The van der Waals surface area contributed by atoms with Crippen LogP contribution in [0.15, 0.2) is 30.6 Å². The third-order valence-electron chi connectivity index (χ3n) is 3.16. The Morgan fingerprint density at radius 1 is 1.33 bits per heavy atom. The minimum Gasteiger partial charge on any atom is -0.383 e. The molecule has 112 valence electrons. The lowest BCUT2D eigenvalue weighted by molar-refractivity contribution is 0.518. The highest BCUT2D eigenvalue weighted by Gasteiger charge is 2.18. The Balaban J connectivity index is 2.27. The number of anilines is 1. The van der Waals surface area contributed by atoms with Gasteiger partial charge in [0.25, 0.3) is 0 Å². The van der Waals surface area contributed by atoms with Crippen molar-refractivity contribution in [2.24, 2.45) is 0 Å². The lowest BCUT2D eigenvalue weighted by Gasteiger charge is -2.20. The minimum atomic E-state index is -0.0267. The number of nitrogen functional groups attached to an aromatic ring is 1. The molecule has 3 N–H and O–H groups in total. The average molecular weight is 325 g/mol. The molecule has 0 aliphatic rings. The van der Waals surface area contributed by atoms with Gasteiger partial charge in [0, 0.05) is 12.4 Å². The monoisotopic (exact) mass is 324 g/mol. The molecule has 0 aliphatic carbocycles. The summed E-state index contributed by atoms with van der Waals surface area (Å²) in [5.74, 6) is 0.533. The van der Waals surface area contributed by atoms with Crippen LogP contribution in [0.25, 0.3) is 0 Å². The standard InChI is InChI=1S/C15H18Cl2N4/c1-2-5-19-13(7-10-4-3-6-20-15(10)18)14-12(17)8-11(16)9-21-14/h3-4,6,8-9,13,19H,2,5,7H2,1H3,(H2,18,20). The van der Waals surface area contributed by atoms with E-state index in [1.165, 1.54) is 0 Å². The molecule has 2 rings (SSSR count). The van der Waals surface area contributed by atoms with Gasteiger partial charge in [-0.2, -0.15) is 0 Å². The maximum absolute atomic E-state index is 6.28. The van der Waals surface area contributed by atoms with E-state index in [1.54, 1.807) is 18.5 Å². The van der Waals surface area contributed by atoms with Gasteiger partial charge in [0.2, 0.25) is 0 Å². The zero-order valence-corrected chi connectivity index (χ0v) is 13.3. The molecule has 0 saturated heterocycles. The Morgan fingerprint density at radius 3 is 2.81 bits per heavy atom. The van der Waals surface area contributed by atoms with Gasteiger partial charge in [-0.15, -0.1) is 0 Å². The topological polar surface area (TPSA) is 63.8 Å². The van der Waals surface area contributed by atoms with Crippen molar-refractivity contribution < 1.29 is 0 Å². The first-order chi connectivity index (χ1) is 10.1. The van der Waals surface area contributed by atoms with E-state index in [0.29, 0.717) is 22.3 Å². The maximum atomic E-state index is 6.28. The number of halogens is 2. The molecule has 0 amide bonds. The third-order valence-corrected chi connectivity index (χ3v) is 3.67. The van der Waals surface area contributed by atoms with Crippen molar-refractivity contribution in [3.8, 4) is 0 Å². The molecule has 0 radical (unpaired) electrons. The fourth-order valence-corrected chi connectivity index (χ4v) is 2.62. The molecule has 0 aliphatic heterocycles. The summed E-state index contributed by atoms with van der Waals surface area (Å²) in [5, 5.41) is 4.53. The zero-order valence-electron chi connectivity index (χ0n) is 11.8. The van der Waals surface area contributed by atoms with Gasteiger partial charge in [-0.05, 0) is 37.1 Å². The molecule has 1 unspecified atom stereocenters. The van der Waals surface area contributed by atoms with Gasteiger partial charge in [0.05, 0.1) is 21.8 Å². The predicted molar refractivity (Wildman–Crippen MR) is 87.6 cm³/mol. The molecule has 0 fully saturated rings. The summed E-state index contributed by atoms with van der Waals surface area (Å²) in [4.78, 5) is 8.49. The highest BCUT2D eigenvalue weighted by Crippen LogP contribution is 2.27. The quantitative estimate of drug-likeness (QED) is 0.851. The highest BCUT2D eigenvalue weighted by molar-refractivity contribution is 6.34. The number of aromatic nitrogens is 2. The van der Waals surface area contributed by atoms with E-state index in [1.807, 2.05) is 12.1 Å². The molecule has 2 aromatic heterocycles. The van der Waals surface area contributed by atoms with Crippen LogP contribution in [0, 0.1) is 0 Å². The van der Waals surface area contributed by atoms with Crippen molar-refractivity contribution in [2.75, 3.05) is 12.3 Å². The summed E-state index contributed by atoms with van der Waals surface area (Å²) in [6.45, 7) is 2.98. The first-order valence-corrected chi connectivity index (χ1v) is 7.61. The van der Waals surface area contributed by atoms with Crippen molar-refractivity contribution in [3.05, 3.63) is 51.9 Å². The maximum Gasteiger partial charge on any atom is 0.126 e. The number of nitrogens with one attached hydrogen (secondary N) is 1. The lowest BCUT2D eigenvalue weighted by Crippen LogP contribution is -2.25. The largest absolute Gasteiger partial charge is 0.383 e. The number of hydrogen-bond donors (Lipinski definition) is 2. The van der Waals surface area contributed by atoms with Crippen LogP contribution in [0.1, 0.15) is 30.6 Å². The van der Waals surface area contributed by atoms with Gasteiger partial charge >= 0.3 is 0 Å².